The molecule has 0 unspecified atom stereocenters. The minimum absolute atomic E-state index is 0.402. The van der Waals surface area contributed by atoms with Crippen LogP contribution < -0.4 is 0 Å². The zero-order chi connectivity index (χ0) is 12.7. The highest BCUT2D eigenvalue weighted by molar-refractivity contribution is 5.90. The van der Waals surface area contributed by atoms with Gasteiger partial charge in [-0.15, -0.1) is 0 Å². The summed E-state index contributed by atoms with van der Waals surface area (Å²) >= 11 is 0. The summed E-state index contributed by atoms with van der Waals surface area (Å²) in [4.78, 5) is 15.4. The van der Waals surface area contributed by atoms with Crippen LogP contribution in [-0.2, 0) is 6.42 Å². The van der Waals surface area contributed by atoms with Gasteiger partial charge in [0.05, 0.1) is 5.56 Å². The van der Waals surface area contributed by atoms with Crippen molar-refractivity contribution in [2.75, 3.05) is 6.54 Å². The molecule has 92 valence electrons. The smallest absolute Gasteiger partial charge is 0.335 e. The highest BCUT2D eigenvalue weighted by Gasteiger charge is 2.09. The van der Waals surface area contributed by atoms with Gasteiger partial charge in [0.25, 0.3) is 0 Å². The number of benzene rings is 1. The maximum Gasteiger partial charge on any atom is 0.335 e. The fourth-order valence-electron chi connectivity index (χ4n) is 1.82. The Morgan fingerprint density at radius 1 is 1.29 bits per heavy atom. The van der Waals surface area contributed by atoms with Crippen LogP contribution in [0.1, 0.15) is 42.6 Å². The van der Waals surface area contributed by atoms with E-state index >= 15 is 0 Å². The van der Waals surface area contributed by atoms with E-state index < -0.39 is 5.97 Å². The molecule has 1 aromatic rings. The molecule has 0 aliphatic rings. The quantitative estimate of drug-likeness (QED) is 0.767. The van der Waals surface area contributed by atoms with Crippen molar-refractivity contribution < 1.29 is 9.90 Å². The van der Waals surface area contributed by atoms with Gasteiger partial charge in [0.15, 0.2) is 0 Å². The lowest BCUT2D eigenvalue weighted by Crippen LogP contribution is -2.05. The molecule has 0 aliphatic heterocycles. The summed E-state index contributed by atoms with van der Waals surface area (Å²) in [5.41, 5.74) is 2.45. The lowest BCUT2D eigenvalue weighted by atomic mass is 10.0. The van der Waals surface area contributed by atoms with E-state index in [1.165, 1.54) is 0 Å². The van der Waals surface area contributed by atoms with Crippen molar-refractivity contribution >= 4 is 11.7 Å². The fourth-order valence-corrected chi connectivity index (χ4v) is 1.82. The highest BCUT2D eigenvalue weighted by atomic mass is 16.4. The lowest BCUT2D eigenvalue weighted by Gasteiger charge is -2.07. The van der Waals surface area contributed by atoms with Crippen molar-refractivity contribution in [1.29, 1.82) is 0 Å². The molecule has 0 spiro atoms. The molecule has 0 amide bonds. The van der Waals surface area contributed by atoms with Gasteiger partial charge in [-0.25, -0.2) is 4.79 Å². The fraction of sp³-hybridized carbons (Fsp3) is 0.429. The Morgan fingerprint density at radius 3 is 2.59 bits per heavy atom. The number of carbonyl (C=O) groups is 1. The van der Waals surface area contributed by atoms with Crippen molar-refractivity contribution in [2.24, 2.45) is 4.99 Å². The van der Waals surface area contributed by atoms with Crippen molar-refractivity contribution in [3.63, 3.8) is 0 Å². The Balaban J connectivity index is 2.75. The third kappa shape index (κ3) is 4.02. The van der Waals surface area contributed by atoms with Crippen molar-refractivity contribution in [3.05, 3.63) is 35.4 Å². The summed E-state index contributed by atoms with van der Waals surface area (Å²) in [6.07, 6.45) is 2.52. The predicted octanol–water partition coefficient (Wildman–Crippen LogP) is 3.19. The van der Waals surface area contributed by atoms with Crippen LogP contribution in [0.4, 0.5) is 0 Å². The second-order valence-electron chi connectivity index (χ2n) is 3.86. The van der Waals surface area contributed by atoms with E-state index in [-0.39, 0.29) is 0 Å². The molecular formula is C14H19NO2. The maximum absolute atomic E-state index is 11.0. The van der Waals surface area contributed by atoms with Crippen LogP contribution in [0.25, 0.3) is 0 Å². The number of carboxylic acid groups (broad SMARTS) is 1. The molecule has 0 bridgehead atoms. The van der Waals surface area contributed by atoms with Crippen LogP contribution in [0.5, 0.6) is 0 Å². The average Bonchev–Trinajstić information content (AvgIpc) is 2.34. The van der Waals surface area contributed by atoms with E-state index in [2.05, 4.69) is 11.9 Å². The second-order valence-corrected chi connectivity index (χ2v) is 3.86. The van der Waals surface area contributed by atoms with Gasteiger partial charge in [-0.3, -0.25) is 4.99 Å². The number of aryl methyl sites for hydroxylation is 1. The molecule has 0 heterocycles. The molecule has 1 rings (SSSR count). The van der Waals surface area contributed by atoms with Crippen LogP contribution in [-0.4, -0.2) is 23.3 Å². The average molecular weight is 233 g/mol. The number of hydrogen-bond acceptors (Lipinski definition) is 2. The van der Waals surface area contributed by atoms with Crippen LogP contribution >= 0.6 is 0 Å². The molecule has 1 N–H and O–H groups in total. The monoisotopic (exact) mass is 233 g/mol. The van der Waals surface area contributed by atoms with Gasteiger partial charge in [0, 0.05) is 12.3 Å². The Bertz CT molecular complexity index is 410. The van der Waals surface area contributed by atoms with Crippen LogP contribution in [0.15, 0.2) is 29.3 Å². The van der Waals surface area contributed by atoms with E-state index in [1.54, 1.807) is 12.1 Å². The molecule has 17 heavy (non-hydrogen) atoms. The number of hydrogen-bond donors (Lipinski definition) is 1. The van der Waals surface area contributed by atoms with Crippen LogP contribution in [0.2, 0.25) is 0 Å². The highest BCUT2D eigenvalue weighted by Crippen LogP contribution is 2.12. The van der Waals surface area contributed by atoms with E-state index in [0.29, 0.717) is 5.56 Å². The number of carboxylic acids is 1. The Kier molecular flexibility index (Phi) is 5.40. The van der Waals surface area contributed by atoms with Gasteiger partial charge >= 0.3 is 5.97 Å². The molecule has 3 nitrogen and oxygen atoms in total. The normalized spacial score (nSPS) is 11.5. The molecule has 0 aliphatic carbocycles. The molecule has 0 atom stereocenters. The first kappa shape index (κ1) is 13.4. The number of aliphatic imine (C=N–C) groups is 1. The Hall–Kier alpha value is -1.64. The first-order valence-electron chi connectivity index (χ1n) is 6.02. The minimum Gasteiger partial charge on any atom is -0.478 e. The zero-order valence-corrected chi connectivity index (χ0v) is 10.4. The van der Waals surface area contributed by atoms with Crippen LogP contribution in [0.3, 0.4) is 0 Å². The lowest BCUT2D eigenvalue weighted by molar-refractivity contribution is 0.0695. The molecular weight excluding hydrogens is 214 g/mol. The van der Waals surface area contributed by atoms with Gasteiger partial charge in [-0.1, -0.05) is 25.1 Å². The minimum atomic E-state index is -0.855. The number of aromatic carboxylic acids is 1. The van der Waals surface area contributed by atoms with Crippen molar-refractivity contribution in [2.45, 2.75) is 33.1 Å². The third-order valence-corrected chi connectivity index (χ3v) is 2.72. The number of nitrogens with zero attached hydrogens (tertiary/aromatic N) is 1. The Labute approximate surface area is 102 Å². The predicted molar refractivity (Wildman–Crippen MR) is 70.0 cm³/mol. The summed E-state index contributed by atoms with van der Waals surface area (Å²) in [5.74, 6) is -0.855. The molecule has 0 fully saturated rings. The largest absolute Gasteiger partial charge is 0.478 e. The van der Waals surface area contributed by atoms with Crippen molar-refractivity contribution in [3.8, 4) is 0 Å². The molecule has 3 heteroatoms. The third-order valence-electron chi connectivity index (χ3n) is 2.72. The molecule has 0 saturated carbocycles. The van der Waals surface area contributed by atoms with Gasteiger partial charge in [-0.05, 0) is 37.8 Å². The summed E-state index contributed by atoms with van der Waals surface area (Å²) in [6, 6.07) is 7.17. The summed E-state index contributed by atoms with van der Waals surface area (Å²) in [7, 11) is 0. The topological polar surface area (TPSA) is 49.7 Å². The summed E-state index contributed by atoms with van der Waals surface area (Å²) < 4.78 is 0. The zero-order valence-electron chi connectivity index (χ0n) is 10.4. The first-order chi connectivity index (χ1) is 8.19. The van der Waals surface area contributed by atoms with Gasteiger partial charge in [0.1, 0.15) is 0 Å². The first-order valence-corrected chi connectivity index (χ1v) is 6.02. The van der Waals surface area contributed by atoms with Gasteiger partial charge < -0.3 is 5.11 Å². The SMILES string of the molecule is CCN=C(CC)CCc1ccccc1C(=O)O. The molecule has 0 radical (unpaired) electrons. The summed E-state index contributed by atoms with van der Waals surface area (Å²) in [5, 5.41) is 9.06. The van der Waals surface area contributed by atoms with E-state index in [0.717, 1.165) is 37.1 Å². The van der Waals surface area contributed by atoms with Crippen LogP contribution in [0, 0.1) is 0 Å². The maximum atomic E-state index is 11.0. The van der Waals surface area contributed by atoms with E-state index in [1.807, 2.05) is 19.1 Å². The van der Waals surface area contributed by atoms with E-state index in [9.17, 15) is 4.79 Å². The van der Waals surface area contributed by atoms with Gasteiger partial charge in [-0.2, -0.15) is 0 Å². The molecule has 0 saturated heterocycles. The van der Waals surface area contributed by atoms with Gasteiger partial charge in [0.2, 0.25) is 0 Å². The van der Waals surface area contributed by atoms with E-state index in [4.69, 9.17) is 5.11 Å². The standard InChI is InChI=1S/C14H19NO2/c1-3-12(15-4-2)10-9-11-7-5-6-8-13(11)14(16)17/h5-8H,3-4,9-10H2,1-2H3,(H,16,17). The molecule has 1 aromatic carbocycles. The second kappa shape index (κ2) is 6.84. The van der Waals surface area contributed by atoms with Crippen molar-refractivity contribution in [1.82, 2.24) is 0 Å². The molecule has 0 aromatic heterocycles. The Morgan fingerprint density at radius 2 is 2.00 bits per heavy atom. The summed E-state index contributed by atoms with van der Waals surface area (Å²) in [6.45, 7) is 4.89. The number of rotatable bonds is 6.